The monoisotopic (exact) mass is 492 g/mol. The normalized spacial score (nSPS) is 16.5. The van der Waals surface area contributed by atoms with Gasteiger partial charge >= 0.3 is 0 Å². The predicted octanol–water partition coefficient (Wildman–Crippen LogP) is 3.25. The van der Waals surface area contributed by atoms with Crippen molar-refractivity contribution in [1.82, 2.24) is 9.88 Å². The number of nitrogens with two attached hydrogens (primary N) is 1. The van der Waals surface area contributed by atoms with Crippen molar-refractivity contribution in [3.8, 4) is 12.1 Å². The van der Waals surface area contributed by atoms with Crippen LogP contribution in [0.4, 0.5) is 5.82 Å². The van der Waals surface area contributed by atoms with Crippen molar-refractivity contribution in [3.63, 3.8) is 0 Å². The summed E-state index contributed by atoms with van der Waals surface area (Å²) in [5.41, 5.74) is 7.87. The summed E-state index contributed by atoms with van der Waals surface area (Å²) in [6.45, 7) is 10.5. The van der Waals surface area contributed by atoms with Crippen LogP contribution in [0.3, 0.4) is 0 Å². The Hall–Kier alpha value is -3.11. The molecule has 1 aromatic heterocycles. The molecule has 1 fully saturated rings. The third kappa shape index (κ3) is 6.12. The molecule has 2 N–H and O–H groups in total. The zero-order valence-electron chi connectivity index (χ0n) is 20.5. The molecule has 1 saturated heterocycles. The van der Waals surface area contributed by atoms with Crippen molar-refractivity contribution in [3.05, 3.63) is 52.6 Å². The van der Waals surface area contributed by atoms with Gasteiger partial charge in [-0.3, -0.25) is 4.79 Å². The number of hydrogen-bond donors (Lipinski definition) is 1. The highest BCUT2D eigenvalue weighted by Gasteiger charge is 2.30. The SMILES string of the molecule is CCc1c(C#N)c(SC(C(N)=O)c2ccccc2)nc(N2CCOC(CN(CC)CC)C2)c1C#N. The molecule has 1 aliphatic rings. The van der Waals surface area contributed by atoms with Gasteiger partial charge in [0.2, 0.25) is 5.91 Å². The molecule has 0 saturated carbocycles. The lowest BCUT2D eigenvalue weighted by atomic mass is 10.0. The summed E-state index contributed by atoms with van der Waals surface area (Å²) >= 11 is 1.16. The number of ether oxygens (including phenoxy) is 1. The van der Waals surface area contributed by atoms with E-state index < -0.39 is 11.2 Å². The van der Waals surface area contributed by atoms with Gasteiger partial charge in [-0.2, -0.15) is 10.5 Å². The first kappa shape index (κ1) is 26.5. The van der Waals surface area contributed by atoms with E-state index in [1.807, 2.05) is 37.3 Å². The topological polar surface area (TPSA) is 119 Å². The van der Waals surface area contributed by atoms with Crippen LogP contribution in [0.5, 0.6) is 0 Å². The first-order valence-corrected chi connectivity index (χ1v) is 12.8. The molecule has 0 bridgehead atoms. The number of pyridine rings is 1. The first-order chi connectivity index (χ1) is 17.0. The summed E-state index contributed by atoms with van der Waals surface area (Å²) in [5.74, 6) is 0.0245. The maximum absolute atomic E-state index is 12.4. The Bertz CT molecular complexity index is 1110. The Balaban J connectivity index is 2.04. The number of hydrogen-bond acceptors (Lipinski definition) is 8. The number of benzene rings is 1. The van der Waals surface area contributed by atoms with Crippen LogP contribution in [-0.4, -0.2) is 61.2 Å². The average molecular weight is 493 g/mol. The number of aromatic nitrogens is 1. The minimum absolute atomic E-state index is 0.0171. The number of likely N-dealkylation sites (N-methyl/N-ethyl adjacent to an activating group) is 1. The fraction of sp³-hybridized carbons (Fsp3) is 0.462. The summed E-state index contributed by atoms with van der Waals surface area (Å²) in [6, 6.07) is 13.7. The number of primary amides is 1. The second-order valence-electron chi connectivity index (χ2n) is 8.28. The van der Waals surface area contributed by atoms with E-state index in [0.717, 1.165) is 37.0 Å². The van der Waals surface area contributed by atoms with Gasteiger partial charge in [-0.1, -0.05) is 62.9 Å². The molecule has 9 heteroatoms. The minimum atomic E-state index is -0.707. The summed E-state index contributed by atoms with van der Waals surface area (Å²) < 4.78 is 6.01. The second-order valence-corrected chi connectivity index (χ2v) is 9.38. The van der Waals surface area contributed by atoms with Crippen LogP contribution >= 0.6 is 11.8 Å². The number of nitrogens with zero attached hydrogens (tertiary/aromatic N) is 5. The Morgan fingerprint density at radius 3 is 2.49 bits per heavy atom. The van der Waals surface area contributed by atoms with Crippen LogP contribution in [0.2, 0.25) is 0 Å². The van der Waals surface area contributed by atoms with Crippen LogP contribution in [-0.2, 0) is 16.0 Å². The van der Waals surface area contributed by atoms with Gasteiger partial charge in [0.15, 0.2) is 0 Å². The van der Waals surface area contributed by atoms with Crippen molar-refractivity contribution < 1.29 is 9.53 Å². The number of morpholine rings is 1. The summed E-state index contributed by atoms with van der Waals surface area (Å²) in [6.07, 6.45) is 0.478. The van der Waals surface area contributed by atoms with Gasteiger partial charge in [-0.05, 0) is 30.6 Å². The Labute approximate surface area is 211 Å². The van der Waals surface area contributed by atoms with Crippen molar-refractivity contribution in [2.24, 2.45) is 5.73 Å². The molecular formula is C26H32N6O2S. The third-order valence-corrected chi connectivity index (χ3v) is 7.47. The molecule has 0 aliphatic carbocycles. The third-order valence-electron chi connectivity index (χ3n) is 6.21. The number of nitriles is 2. The standard InChI is InChI=1S/C26H32N6O2S/c1-4-20-21(14-27)25(32-12-13-34-19(17-32)16-31(5-2)6-3)30-26(22(20)15-28)35-23(24(29)33)18-10-8-7-9-11-18/h7-11,19,23H,4-6,12-13,16-17H2,1-3H3,(H2,29,33). The number of anilines is 1. The molecular weight excluding hydrogens is 460 g/mol. The van der Waals surface area contributed by atoms with E-state index >= 15 is 0 Å². The largest absolute Gasteiger partial charge is 0.373 e. The van der Waals surface area contributed by atoms with Crippen LogP contribution < -0.4 is 10.6 Å². The predicted molar refractivity (Wildman–Crippen MR) is 137 cm³/mol. The quantitative estimate of drug-likeness (QED) is 0.502. The van der Waals surface area contributed by atoms with Crippen molar-refractivity contribution in [1.29, 1.82) is 10.5 Å². The van der Waals surface area contributed by atoms with Crippen LogP contribution in [0.1, 0.15) is 48.3 Å². The average Bonchev–Trinajstić information content (AvgIpc) is 2.89. The molecule has 0 spiro atoms. The maximum Gasteiger partial charge on any atom is 0.235 e. The lowest BCUT2D eigenvalue weighted by Gasteiger charge is -2.36. The number of rotatable bonds is 10. The number of amides is 1. The molecule has 184 valence electrons. The number of thioether (sulfide) groups is 1. The molecule has 2 aromatic rings. The Kier molecular flexibility index (Phi) is 9.50. The fourth-order valence-corrected chi connectivity index (χ4v) is 5.38. The van der Waals surface area contributed by atoms with E-state index in [2.05, 4.69) is 35.8 Å². The zero-order chi connectivity index (χ0) is 25.4. The highest BCUT2D eigenvalue weighted by Crippen LogP contribution is 2.39. The lowest BCUT2D eigenvalue weighted by Crippen LogP contribution is -2.48. The van der Waals surface area contributed by atoms with Gasteiger partial charge in [-0.15, -0.1) is 0 Å². The van der Waals surface area contributed by atoms with E-state index in [1.165, 1.54) is 0 Å². The Morgan fingerprint density at radius 1 is 1.23 bits per heavy atom. The highest BCUT2D eigenvalue weighted by atomic mass is 32.2. The second kappa shape index (κ2) is 12.6. The van der Waals surface area contributed by atoms with Gasteiger partial charge in [0.25, 0.3) is 0 Å². The molecule has 3 rings (SSSR count). The van der Waals surface area contributed by atoms with E-state index in [-0.39, 0.29) is 6.10 Å². The molecule has 1 aliphatic heterocycles. The van der Waals surface area contributed by atoms with Crippen LogP contribution in [0.25, 0.3) is 0 Å². The number of carbonyl (C=O) groups is 1. The first-order valence-electron chi connectivity index (χ1n) is 11.9. The number of carbonyl (C=O) groups excluding carboxylic acids is 1. The van der Waals surface area contributed by atoms with Gasteiger partial charge in [-0.25, -0.2) is 4.98 Å². The van der Waals surface area contributed by atoms with Crippen molar-refractivity contribution in [2.75, 3.05) is 44.2 Å². The lowest BCUT2D eigenvalue weighted by molar-refractivity contribution is -0.117. The van der Waals surface area contributed by atoms with Crippen molar-refractivity contribution in [2.45, 2.75) is 43.6 Å². The molecule has 1 aromatic carbocycles. The van der Waals surface area contributed by atoms with Crippen LogP contribution in [0, 0.1) is 22.7 Å². The van der Waals surface area contributed by atoms with Crippen molar-refractivity contribution >= 4 is 23.5 Å². The molecule has 2 heterocycles. The zero-order valence-corrected chi connectivity index (χ0v) is 21.3. The molecule has 2 unspecified atom stereocenters. The molecule has 8 nitrogen and oxygen atoms in total. The summed E-state index contributed by atoms with van der Waals surface area (Å²) in [5, 5.41) is 19.8. The van der Waals surface area contributed by atoms with Gasteiger partial charge in [0.1, 0.15) is 28.2 Å². The summed E-state index contributed by atoms with van der Waals surface area (Å²) in [4.78, 5) is 21.6. The molecule has 0 radical (unpaired) electrons. The van der Waals surface area contributed by atoms with Crippen LogP contribution in [0.15, 0.2) is 35.4 Å². The Morgan fingerprint density at radius 2 is 1.91 bits per heavy atom. The van der Waals surface area contributed by atoms with Gasteiger partial charge < -0.3 is 20.3 Å². The molecule has 35 heavy (non-hydrogen) atoms. The summed E-state index contributed by atoms with van der Waals surface area (Å²) in [7, 11) is 0. The van der Waals surface area contributed by atoms with E-state index in [4.69, 9.17) is 15.5 Å². The highest BCUT2D eigenvalue weighted by molar-refractivity contribution is 8.00. The van der Waals surface area contributed by atoms with E-state index in [9.17, 15) is 15.3 Å². The van der Waals surface area contributed by atoms with Gasteiger partial charge in [0.05, 0.1) is 23.8 Å². The van der Waals surface area contributed by atoms with E-state index in [0.29, 0.717) is 53.7 Å². The smallest absolute Gasteiger partial charge is 0.235 e. The molecule has 1 amide bonds. The molecule has 2 atom stereocenters. The van der Waals surface area contributed by atoms with Gasteiger partial charge in [0, 0.05) is 19.6 Å². The fourth-order valence-electron chi connectivity index (χ4n) is 4.32. The van der Waals surface area contributed by atoms with E-state index in [1.54, 1.807) is 0 Å². The maximum atomic E-state index is 12.4. The minimum Gasteiger partial charge on any atom is -0.373 e.